The van der Waals surface area contributed by atoms with Gasteiger partial charge in [0, 0.05) is 6.54 Å². The third-order valence-corrected chi connectivity index (χ3v) is 5.81. The molecule has 0 amide bonds. The quantitative estimate of drug-likeness (QED) is 0.423. The van der Waals surface area contributed by atoms with Crippen molar-refractivity contribution in [1.82, 2.24) is 4.31 Å². The lowest BCUT2D eigenvalue weighted by molar-refractivity contribution is -0.0604. The first kappa shape index (κ1) is 19.1. The van der Waals surface area contributed by atoms with Crippen molar-refractivity contribution in [1.29, 1.82) is 0 Å². The highest BCUT2D eigenvalue weighted by atomic mass is 32.2. The minimum atomic E-state index is -6.25. The van der Waals surface area contributed by atoms with E-state index in [1.165, 1.54) is 13.8 Å². The Hall–Kier alpha value is -0.950. The normalized spacial score (nSPS) is 20.8. The fourth-order valence-electron chi connectivity index (χ4n) is 1.45. The Labute approximate surface area is 123 Å². The van der Waals surface area contributed by atoms with Gasteiger partial charge in [-0.3, -0.25) is 0 Å². The topological polar surface area (TPSA) is 80.8 Å². The predicted octanol–water partition coefficient (Wildman–Crippen LogP) is 1.43. The third-order valence-electron chi connectivity index (χ3n) is 2.65. The fourth-order valence-corrected chi connectivity index (χ4v) is 3.19. The van der Waals surface area contributed by atoms with Crippen molar-refractivity contribution in [2.75, 3.05) is 13.1 Å². The molecule has 0 fully saturated rings. The van der Waals surface area contributed by atoms with Crippen LogP contribution in [0.3, 0.4) is 0 Å². The molecule has 22 heavy (non-hydrogen) atoms. The van der Waals surface area contributed by atoms with E-state index in [-0.39, 0.29) is 0 Å². The van der Waals surface area contributed by atoms with Crippen LogP contribution in [0.1, 0.15) is 13.8 Å². The second-order valence-corrected chi connectivity index (χ2v) is 8.67. The van der Waals surface area contributed by atoms with E-state index in [9.17, 15) is 38.8 Å². The first-order chi connectivity index (χ1) is 9.61. The number of alkyl halides is 5. The number of sulfonamides is 1. The molecular formula is C9H12F5NO5S2. The van der Waals surface area contributed by atoms with Gasteiger partial charge in [-0.1, -0.05) is 0 Å². The van der Waals surface area contributed by atoms with Crippen LogP contribution in [0.4, 0.5) is 22.0 Å². The van der Waals surface area contributed by atoms with Crippen LogP contribution in [0.25, 0.3) is 0 Å². The van der Waals surface area contributed by atoms with Crippen LogP contribution in [0.15, 0.2) is 11.8 Å². The van der Waals surface area contributed by atoms with E-state index in [1.54, 1.807) is 0 Å². The van der Waals surface area contributed by atoms with Gasteiger partial charge in [0.15, 0.2) is 5.76 Å². The molecule has 0 atom stereocenters. The van der Waals surface area contributed by atoms with Gasteiger partial charge in [-0.05, 0) is 19.9 Å². The molecule has 1 aliphatic heterocycles. The second kappa shape index (κ2) is 5.60. The van der Waals surface area contributed by atoms with Gasteiger partial charge < -0.3 is 4.18 Å². The van der Waals surface area contributed by atoms with Crippen LogP contribution in [0.2, 0.25) is 0 Å². The van der Waals surface area contributed by atoms with Gasteiger partial charge >= 0.3 is 21.5 Å². The molecular weight excluding hydrogens is 361 g/mol. The Morgan fingerprint density at radius 1 is 1.23 bits per heavy atom. The summed E-state index contributed by atoms with van der Waals surface area (Å²) in [6.45, 7) is 0.236. The highest BCUT2D eigenvalue weighted by Gasteiger charge is 2.53. The highest BCUT2D eigenvalue weighted by molar-refractivity contribution is 7.89. The van der Waals surface area contributed by atoms with E-state index in [4.69, 9.17) is 0 Å². The number of hydrogen-bond donors (Lipinski definition) is 0. The van der Waals surface area contributed by atoms with Crippen LogP contribution in [0, 0.1) is 0 Å². The van der Waals surface area contributed by atoms with Crippen molar-refractivity contribution in [3.63, 3.8) is 0 Å². The van der Waals surface area contributed by atoms with E-state index < -0.39 is 55.7 Å². The van der Waals surface area contributed by atoms with Crippen molar-refractivity contribution in [3.8, 4) is 0 Å². The third kappa shape index (κ3) is 3.68. The van der Waals surface area contributed by atoms with Crippen molar-refractivity contribution in [3.05, 3.63) is 11.8 Å². The van der Waals surface area contributed by atoms with Crippen molar-refractivity contribution >= 4 is 20.1 Å². The molecule has 0 aromatic carbocycles. The lowest BCUT2D eigenvalue weighted by atomic mass is 10.2. The number of nitrogens with zero attached hydrogens (tertiary/aromatic N) is 1. The molecule has 0 aliphatic carbocycles. The van der Waals surface area contributed by atoms with Gasteiger partial charge in [-0.15, -0.1) is 0 Å². The Morgan fingerprint density at radius 2 is 1.73 bits per heavy atom. The summed E-state index contributed by atoms with van der Waals surface area (Å²) in [5, 5.41) is -1.03. The molecule has 0 saturated carbocycles. The zero-order valence-electron chi connectivity index (χ0n) is 11.3. The van der Waals surface area contributed by atoms with Crippen LogP contribution in [-0.4, -0.2) is 50.9 Å². The van der Waals surface area contributed by atoms with Gasteiger partial charge in [0.05, 0.1) is 11.8 Å². The summed E-state index contributed by atoms with van der Waals surface area (Å²) >= 11 is 0. The lowest BCUT2D eigenvalue weighted by Crippen LogP contribution is -2.48. The van der Waals surface area contributed by atoms with Crippen LogP contribution in [-0.2, 0) is 24.3 Å². The summed E-state index contributed by atoms with van der Waals surface area (Å²) < 4.78 is 112. The second-order valence-electron chi connectivity index (χ2n) is 4.64. The number of halogens is 5. The minimum Gasteiger partial charge on any atom is -0.374 e. The maximum absolute atomic E-state index is 13.7. The number of hydrogen-bond acceptors (Lipinski definition) is 5. The molecule has 1 rings (SSSR count). The van der Waals surface area contributed by atoms with E-state index in [0.29, 0.717) is 10.4 Å². The molecule has 0 aromatic rings. The summed E-state index contributed by atoms with van der Waals surface area (Å²) in [4.78, 5) is 0. The zero-order chi connectivity index (χ0) is 17.6. The first-order valence-electron chi connectivity index (χ1n) is 5.69. The highest BCUT2D eigenvalue weighted by Crippen LogP contribution is 2.36. The van der Waals surface area contributed by atoms with E-state index in [0.717, 1.165) is 0 Å². The Morgan fingerprint density at radius 3 is 2.09 bits per heavy atom. The Balaban J connectivity index is 3.11. The summed E-state index contributed by atoms with van der Waals surface area (Å²) in [5.41, 5.74) is -5.87. The molecule has 1 heterocycles. The van der Waals surface area contributed by atoms with Crippen LogP contribution in [0.5, 0.6) is 0 Å². The van der Waals surface area contributed by atoms with Crippen LogP contribution < -0.4 is 0 Å². The molecule has 0 bridgehead atoms. The van der Waals surface area contributed by atoms with Gasteiger partial charge in [0.2, 0.25) is 10.0 Å². The van der Waals surface area contributed by atoms with Gasteiger partial charge in [0.1, 0.15) is 0 Å². The molecule has 0 N–H and O–H groups in total. The zero-order valence-corrected chi connectivity index (χ0v) is 12.9. The van der Waals surface area contributed by atoms with E-state index >= 15 is 0 Å². The fraction of sp³-hybridized carbons (Fsp3) is 0.778. The maximum atomic E-state index is 13.7. The lowest BCUT2D eigenvalue weighted by Gasteiger charge is -2.32. The summed E-state index contributed by atoms with van der Waals surface area (Å²) in [7, 11) is -10.3. The van der Waals surface area contributed by atoms with Crippen molar-refractivity contribution < 1.29 is 43.0 Å². The SMILES string of the molecule is CC(C)S(=O)(=O)N1CC=C(OS(=O)(=O)C(F)(F)F)C(F)(F)C1. The summed E-state index contributed by atoms with van der Waals surface area (Å²) in [5.74, 6) is -5.96. The average Bonchev–Trinajstić information content (AvgIpc) is 2.29. The Kier molecular flexibility index (Phi) is 4.86. The molecule has 0 unspecified atom stereocenters. The Bertz CT molecular complexity index is 665. The monoisotopic (exact) mass is 373 g/mol. The molecule has 1 aliphatic rings. The number of rotatable bonds is 4. The maximum Gasteiger partial charge on any atom is 0.534 e. The largest absolute Gasteiger partial charge is 0.534 e. The molecule has 6 nitrogen and oxygen atoms in total. The van der Waals surface area contributed by atoms with Crippen molar-refractivity contribution in [2.24, 2.45) is 0 Å². The van der Waals surface area contributed by atoms with Gasteiger partial charge in [0.25, 0.3) is 0 Å². The molecule has 130 valence electrons. The smallest absolute Gasteiger partial charge is 0.374 e. The van der Waals surface area contributed by atoms with E-state index in [1.807, 2.05) is 0 Å². The molecule has 0 radical (unpaired) electrons. The average molecular weight is 373 g/mol. The predicted molar refractivity (Wildman–Crippen MR) is 64.7 cm³/mol. The summed E-state index contributed by atoms with van der Waals surface area (Å²) in [6.07, 6.45) is 0.298. The summed E-state index contributed by atoms with van der Waals surface area (Å²) in [6, 6.07) is 0. The van der Waals surface area contributed by atoms with Gasteiger partial charge in [-0.25, -0.2) is 8.42 Å². The molecule has 0 spiro atoms. The molecule has 0 aromatic heterocycles. The minimum absolute atomic E-state index is 0.298. The molecule has 0 saturated heterocycles. The standard InChI is InChI=1S/C9H12F5NO5S2/c1-6(2)21(16,17)15-4-3-7(8(10,11)5-15)20-22(18,19)9(12,13)14/h3,6H,4-5H2,1-2H3. The van der Waals surface area contributed by atoms with E-state index in [2.05, 4.69) is 4.18 Å². The van der Waals surface area contributed by atoms with Crippen LogP contribution >= 0.6 is 0 Å². The molecule has 13 heteroatoms. The van der Waals surface area contributed by atoms with Crippen molar-refractivity contribution in [2.45, 2.75) is 30.5 Å². The van der Waals surface area contributed by atoms with Gasteiger partial charge in [-0.2, -0.15) is 34.7 Å². The first-order valence-corrected chi connectivity index (χ1v) is 8.60.